The summed E-state index contributed by atoms with van der Waals surface area (Å²) in [5.74, 6) is 1.36. The van der Waals surface area contributed by atoms with Crippen LogP contribution >= 0.6 is 0 Å². The van der Waals surface area contributed by atoms with Gasteiger partial charge in [-0.05, 0) is 37.9 Å². The molecule has 4 heteroatoms. The minimum absolute atomic E-state index is 0.101. The van der Waals surface area contributed by atoms with Crippen LogP contribution < -0.4 is 10.1 Å². The minimum Gasteiger partial charge on any atom is -0.492 e. The predicted octanol–water partition coefficient (Wildman–Crippen LogP) is 2.30. The SMILES string of the molecule is CCCOc1cncc(C(=O)C2CCNCC2C)c1. The van der Waals surface area contributed by atoms with Gasteiger partial charge < -0.3 is 10.1 Å². The van der Waals surface area contributed by atoms with E-state index in [1.165, 1.54) is 0 Å². The number of rotatable bonds is 5. The van der Waals surface area contributed by atoms with Crippen molar-refractivity contribution in [3.05, 3.63) is 24.0 Å². The zero-order valence-corrected chi connectivity index (χ0v) is 11.7. The van der Waals surface area contributed by atoms with Gasteiger partial charge in [0.05, 0.1) is 12.8 Å². The number of pyridine rings is 1. The van der Waals surface area contributed by atoms with Gasteiger partial charge in [-0.25, -0.2) is 0 Å². The van der Waals surface area contributed by atoms with E-state index in [0.29, 0.717) is 23.8 Å². The van der Waals surface area contributed by atoms with Gasteiger partial charge in [0.15, 0.2) is 5.78 Å². The Morgan fingerprint density at radius 3 is 3.11 bits per heavy atom. The van der Waals surface area contributed by atoms with Gasteiger partial charge in [-0.3, -0.25) is 9.78 Å². The summed E-state index contributed by atoms with van der Waals surface area (Å²) in [6.45, 7) is 6.66. The van der Waals surface area contributed by atoms with Crippen molar-refractivity contribution in [2.24, 2.45) is 11.8 Å². The van der Waals surface area contributed by atoms with E-state index in [4.69, 9.17) is 4.74 Å². The number of Topliss-reactive ketones (excluding diaryl/α,β-unsaturated/α-hetero) is 1. The van der Waals surface area contributed by atoms with E-state index in [2.05, 4.69) is 24.1 Å². The fraction of sp³-hybridized carbons (Fsp3) is 0.600. The van der Waals surface area contributed by atoms with E-state index < -0.39 is 0 Å². The molecule has 4 nitrogen and oxygen atoms in total. The highest BCUT2D eigenvalue weighted by atomic mass is 16.5. The van der Waals surface area contributed by atoms with Gasteiger partial charge in [0.2, 0.25) is 0 Å². The number of aromatic nitrogens is 1. The Balaban J connectivity index is 2.09. The van der Waals surface area contributed by atoms with E-state index in [9.17, 15) is 4.79 Å². The quantitative estimate of drug-likeness (QED) is 0.827. The molecule has 2 unspecified atom stereocenters. The molecule has 0 aromatic carbocycles. The Morgan fingerprint density at radius 1 is 1.53 bits per heavy atom. The van der Waals surface area contributed by atoms with Crippen molar-refractivity contribution in [2.75, 3.05) is 19.7 Å². The molecule has 1 aliphatic rings. The first-order valence-electron chi connectivity index (χ1n) is 7.05. The summed E-state index contributed by atoms with van der Waals surface area (Å²) in [6.07, 6.45) is 5.16. The first-order chi connectivity index (χ1) is 9.22. The van der Waals surface area contributed by atoms with Gasteiger partial charge >= 0.3 is 0 Å². The number of nitrogens with one attached hydrogen (secondary N) is 1. The average molecular weight is 262 g/mol. The number of hydrogen-bond acceptors (Lipinski definition) is 4. The van der Waals surface area contributed by atoms with Gasteiger partial charge in [-0.15, -0.1) is 0 Å². The third kappa shape index (κ3) is 3.53. The van der Waals surface area contributed by atoms with Crippen LogP contribution in [-0.2, 0) is 0 Å². The molecule has 2 heterocycles. The van der Waals surface area contributed by atoms with Crippen LogP contribution in [0.1, 0.15) is 37.0 Å². The number of carbonyl (C=O) groups excluding carboxylic acids is 1. The van der Waals surface area contributed by atoms with Crippen molar-refractivity contribution in [1.82, 2.24) is 10.3 Å². The van der Waals surface area contributed by atoms with Gasteiger partial charge in [-0.2, -0.15) is 0 Å². The zero-order chi connectivity index (χ0) is 13.7. The average Bonchev–Trinajstić information content (AvgIpc) is 2.45. The molecule has 0 amide bonds. The fourth-order valence-electron chi connectivity index (χ4n) is 2.47. The number of piperidine rings is 1. The molecule has 0 aliphatic carbocycles. The van der Waals surface area contributed by atoms with Crippen LogP contribution in [-0.4, -0.2) is 30.5 Å². The highest BCUT2D eigenvalue weighted by Crippen LogP contribution is 2.24. The van der Waals surface area contributed by atoms with Crippen molar-refractivity contribution in [2.45, 2.75) is 26.7 Å². The van der Waals surface area contributed by atoms with Crippen molar-refractivity contribution >= 4 is 5.78 Å². The molecule has 2 rings (SSSR count). The second kappa shape index (κ2) is 6.66. The highest BCUT2D eigenvalue weighted by Gasteiger charge is 2.28. The molecule has 1 N–H and O–H groups in total. The lowest BCUT2D eigenvalue weighted by Gasteiger charge is -2.28. The molecule has 104 valence electrons. The van der Waals surface area contributed by atoms with Gasteiger partial charge in [0.1, 0.15) is 5.75 Å². The van der Waals surface area contributed by atoms with Gasteiger partial charge in [0, 0.05) is 17.7 Å². The second-order valence-corrected chi connectivity index (χ2v) is 5.20. The third-order valence-corrected chi connectivity index (χ3v) is 3.59. The lowest BCUT2D eigenvalue weighted by atomic mass is 9.82. The van der Waals surface area contributed by atoms with Gasteiger partial charge in [-0.1, -0.05) is 13.8 Å². The van der Waals surface area contributed by atoms with Crippen LogP contribution in [0.2, 0.25) is 0 Å². The summed E-state index contributed by atoms with van der Waals surface area (Å²) >= 11 is 0. The number of nitrogens with zero attached hydrogens (tertiary/aromatic N) is 1. The molecule has 1 saturated heterocycles. The minimum atomic E-state index is 0.101. The van der Waals surface area contributed by atoms with E-state index in [1.807, 2.05) is 6.07 Å². The van der Waals surface area contributed by atoms with Crippen molar-refractivity contribution < 1.29 is 9.53 Å². The molecular weight excluding hydrogens is 240 g/mol. The lowest BCUT2D eigenvalue weighted by Crippen LogP contribution is -2.38. The van der Waals surface area contributed by atoms with Crippen LogP contribution in [0.3, 0.4) is 0 Å². The van der Waals surface area contributed by atoms with E-state index >= 15 is 0 Å². The Labute approximate surface area is 114 Å². The van der Waals surface area contributed by atoms with Crippen LogP contribution in [0.4, 0.5) is 0 Å². The molecule has 1 fully saturated rings. The maximum absolute atomic E-state index is 12.5. The highest BCUT2D eigenvalue weighted by molar-refractivity contribution is 5.98. The summed E-state index contributed by atoms with van der Waals surface area (Å²) in [4.78, 5) is 16.6. The number of ketones is 1. The molecule has 1 aliphatic heterocycles. The zero-order valence-electron chi connectivity index (χ0n) is 11.7. The largest absolute Gasteiger partial charge is 0.492 e. The molecule has 0 saturated carbocycles. The molecular formula is C15H22N2O2. The van der Waals surface area contributed by atoms with E-state index in [1.54, 1.807) is 12.4 Å². The maximum Gasteiger partial charge on any atom is 0.167 e. The molecule has 0 bridgehead atoms. The third-order valence-electron chi connectivity index (χ3n) is 3.59. The number of hydrogen-bond donors (Lipinski definition) is 1. The van der Waals surface area contributed by atoms with Crippen LogP contribution in [0, 0.1) is 11.8 Å². The molecule has 1 aromatic rings. The first kappa shape index (κ1) is 14.0. The van der Waals surface area contributed by atoms with Crippen molar-refractivity contribution in [1.29, 1.82) is 0 Å². The summed E-state index contributed by atoms with van der Waals surface area (Å²) < 4.78 is 5.53. The van der Waals surface area contributed by atoms with Crippen molar-refractivity contribution in [3.8, 4) is 5.75 Å². The molecule has 2 atom stereocenters. The lowest BCUT2D eigenvalue weighted by molar-refractivity contribution is 0.0847. The normalized spacial score (nSPS) is 23.1. The smallest absolute Gasteiger partial charge is 0.167 e. The second-order valence-electron chi connectivity index (χ2n) is 5.20. The number of ether oxygens (including phenoxy) is 1. The van der Waals surface area contributed by atoms with Crippen LogP contribution in [0.15, 0.2) is 18.5 Å². The molecule has 19 heavy (non-hydrogen) atoms. The molecule has 1 aromatic heterocycles. The van der Waals surface area contributed by atoms with Crippen LogP contribution in [0.5, 0.6) is 5.75 Å². The molecule has 0 radical (unpaired) electrons. The first-order valence-corrected chi connectivity index (χ1v) is 7.05. The van der Waals surface area contributed by atoms with E-state index in [-0.39, 0.29) is 11.7 Å². The fourth-order valence-corrected chi connectivity index (χ4v) is 2.47. The summed E-state index contributed by atoms with van der Waals surface area (Å²) in [7, 11) is 0. The summed E-state index contributed by atoms with van der Waals surface area (Å²) in [5.41, 5.74) is 0.673. The Hall–Kier alpha value is -1.42. The van der Waals surface area contributed by atoms with Gasteiger partial charge in [0.25, 0.3) is 0 Å². The Morgan fingerprint density at radius 2 is 2.37 bits per heavy atom. The topological polar surface area (TPSA) is 51.2 Å². The molecule has 0 spiro atoms. The summed E-state index contributed by atoms with van der Waals surface area (Å²) in [5, 5.41) is 3.32. The monoisotopic (exact) mass is 262 g/mol. The predicted molar refractivity (Wildman–Crippen MR) is 74.5 cm³/mol. The maximum atomic E-state index is 12.5. The standard InChI is InChI=1S/C15H22N2O2/c1-3-6-19-13-7-12(9-17-10-13)15(18)14-4-5-16-8-11(14)2/h7,9-11,14,16H,3-6,8H2,1-2H3. The summed E-state index contributed by atoms with van der Waals surface area (Å²) in [6, 6.07) is 1.82. The van der Waals surface area contributed by atoms with Crippen LogP contribution in [0.25, 0.3) is 0 Å². The Kier molecular flexibility index (Phi) is 4.91. The van der Waals surface area contributed by atoms with Crippen molar-refractivity contribution in [3.63, 3.8) is 0 Å². The number of carbonyl (C=O) groups is 1. The van der Waals surface area contributed by atoms with E-state index in [0.717, 1.165) is 25.9 Å². The Bertz CT molecular complexity index is 434.